The number of aryl methyl sites for hydroxylation is 1. The number of ketones is 1. The molecule has 0 saturated heterocycles. The van der Waals surface area contributed by atoms with E-state index in [0.717, 1.165) is 16.6 Å². The second kappa shape index (κ2) is 4.72. The van der Waals surface area contributed by atoms with Crippen LogP contribution in [-0.2, 0) is 0 Å². The Kier molecular flexibility index (Phi) is 3.29. The van der Waals surface area contributed by atoms with E-state index in [1.165, 1.54) is 7.11 Å². The van der Waals surface area contributed by atoms with Crippen molar-refractivity contribution in [3.63, 3.8) is 0 Å². The number of carbonyl (C=O) groups is 1. The number of nitrogens with zero attached hydrogens (tertiary/aromatic N) is 1. The third kappa shape index (κ3) is 2.24. The molecule has 0 fully saturated rings. The Hall–Kier alpha value is -1.61. The molecule has 0 aliphatic rings. The molecule has 88 valence electrons. The van der Waals surface area contributed by atoms with Crippen LogP contribution in [-0.4, -0.2) is 23.8 Å². The fourth-order valence-corrected chi connectivity index (χ4v) is 1.86. The maximum Gasteiger partial charge on any atom is 0.181 e. The Morgan fingerprint density at radius 2 is 2.18 bits per heavy atom. The summed E-state index contributed by atoms with van der Waals surface area (Å²) in [5, 5.41) is 0.907. The van der Waals surface area contributed by atoms with Gasteiger partial charge in [0, 0.05) is 17.1 Å². The summed E-state index contributed by atoms with van der Waals surface area (Å²) in [4.78, 5) is 16.1. The van der Waals surface area contributed by atoms with Crippen LogP contribution in [0.4, 0.5) is 0 Å². The smallest absolute Gasteiger partial charge is 0.181 e. The second-order valence-electron chi connectivity index (χ2n) is 3.75. The van der Waals surface area contributed by atoms with Crippen molar-refractivity contribution in [2.24, 2.45) is 0 Å². The highest BCUT2D eigenvalue weighted by atomic mass is 35.5. The Balaban J connectivity index is 2.68. The standard InChI is InChI=1S/C13H12ClNO2/c1-8-3-4-9-5-10(12(16)7-14)13(17-2)6-11(9)15-8/h3-6H,7H2,1-2H3. The summed E-state index contributed by atoms with van der Waals surface area (Å²) in [6.07, 6.45) is 0. The summed E-state index contributed by atoms with van der Waals surface area (Å²) < 4.78 is 5.20. The van der Waals surface area contributed by atoms with Crippen molar-refractivity contribution in [3.8, 4) is 5.75 Å². The number of aromatic nitrogens is 1. The number of benzene rings is 1. The lowest BCUT2D eigenvalue weighted by Gasteiger charge is -2.08. The maximum atomic E-state index is 11.7. The predicted molar refractivity (Wildman–Crippen MR) is 68.1 cm³/mol. The molecule has 2 aromatic rings. The SMILES string of the molecule is COc1cc2nc(C)ccc2cc1C(=O)CCl. The average Bonchev–Trinajstić information content (AvgIpc) is 2.36. The van der Waals surface area contributed by atoms with Gasteiger partial charge in [-0.1, -0.05) is 6.07 Å². The lowest BCUT2D eigenvalue weighted by Crippen LogP contribution is -2.03. The van der Waals surface area contributed by atoms with Crippen LogP contribution in [0.5, 0.6) is 5.75 Å². The number of methoxy groups -OCH3 is 1. The number of Topliss-reactive ketones (excluding diaryl/α,β-unsaturated/α-hetero) is 1. The van der Waals surface area contributed by atoms with Crippen molar-refractivity contribution < 1.29 is 9.53 Å². The molecule has 17 heavy (non-hydrogen) atoms. The van der Waals surface area contributed by atoms with E-state index in [-0.39, 0.29) is 11.7 Å². The third-order valence-corrected chi connectivity index (χ3v) is 2.81. The topological polar surface area (TPSA) is 39.2 Å². The zero-order chi connectivity index (χ0) is 12.4. The maximum absolute atomic E-state index is 11.7. The van der Waals surface area contributed by atoms with Crippen LogP contribution in [0, 0.1) is 6.92 Å². The summed E-state index contributed by atoms with van der Waals surface area (Å²) in [7, 11) is 1.53. The molecule has 3 nitrogen and oxygen atoms in total. The third-order valence-electron chi connectivity index (χ3n) is 2.57. The van der Waals surface area contributed by atoms with E-state index in [9.17, 15) is 4.79 Å². The Bertz CT molecular complexity index is 581. The van der Waals surface area contributed by atoms with Gasteiger partial charge in [-0.25, -0.2) is 0 Å². The van der Waals surface area contributed by atoms with Gasteiger partial charge in [0.1, 0.15) is 5.75 Å². The zero-order valence-electron chi connectivity index (χ0n) is 9.66. The highest BCUT2D eigenvalue weighted by Crippen LogP contribution is 2.25. The molecule has 2 rings (SSSR count). The van der Waals surface area contributed by atoms with E-state index in [2.05, 4.69) is 4.98 Å². The van der Waals surface area contributed by atoms with Crippen molar-refractivity contribution in [1.29, 1.82) is 0 Å². The number of hydrogen-bond acceptors (Lipinski definition) is 3. The summed E-state index contributed by atoms with van der Waals surface area (Å²) in [6, 6.07) is 7.37. The first kappa shape index (κ1) is 11.9. The molecule has 0 spiro atoms. The number of halogens is 1. The first-order valence-corrected chi connectivity index (χ1v) is 5.73. The van der Waals surface area contributed by atoms with E-state index < -0.39 is 0 Å². The fourth-order valence-electron chi connectivity index (χ4n) is 1.71. The predicted octanol–water partition coefficient (Wildman–Crippen LogP) is 2.97. The Labute approximate surface area is 104 Å². The Morgan fingerprint density at radius 1 is 1.41 bits per heavy atom. The van der Waals surface area contributed by atoms with Crippen molar-refractivity contribution >= 4 is 28.3 Å². The van der Waals surface area contributed by atoms with Gasteiger partial charge in [0.05, 0.1) is 24.1 Å². The molecule has 0 N–H and O–H groups in total. The molecule has 1 heterocycles. The minimum absolute atomic E-state index is 0.0544. The molecule has 4 heteroatoms. The van der Waals surface area contributed by atoms with Crippen LogP contribution in [0.3, 0.4) is 0 Å². The average molecular weight is 250 g/mol. The molecule has 0 saturated carbocycles. The van der Waals surface area contributed by atoms with Crippen LogP contribution < -0.4 is 4.74 Å². The van der Waals surface area contributed by atoms with Crippen molar-refractivity contribution in [2.45, 2.75) is 6.92 Å². The summed E-state index contributed by atoms with van der Waals surface area (Å²) in [5.41, 5.74) is 2.24. The molecular formula is C13H12ClNO2. The van der Waals surface area contributed by atoms with Gasteiger partial charge >= 0.3 is 0 Å². The molecule has 0 aliphatic heterocycles. The van der Waals surface area contributed by atoms with Crippen molar-refractivity contribution in [1.82, 2.24) is 4.98 Å². The summed E-state index contributed by atoms with van der Waals surface area (Å²) in [6.45, 7) is 1.92. The number of rotatable bonds is 3. The van der Waals surface area contributed by atoms with Gasteiger partial charge in [0.2, 0.25) is 0 Å². The highest BCUT2D eigenvalue weighted by Gasteiger charge is 2.13. The van der Waals surface area contributed by atoms with Gasteiger partial charge in [-0.15, -0.1) is 11.6 Å². The molecule has 0 bridgehead atoms. The number of pyridine rings is 1. The minimum atomic E-state index is -0.147. The molecule has 0 amide bonds. The second-order valence-corrected chi connectivity index (χ2v) is 4.02. The molecular weight excluding hydrogens is 238 g/mol. The normalized spacial score (nSPS) is 10.5. The van der Waals surface area contributed by atoms with Crippen LogP contribution in [0.15, 0.2) is 24.3 Å². The van der Waals surface area contributed by atoms with Crippen LogP contribution in [0.2, 0.25) is 0 Å². The van der Waals surface area contributed by atoms with Crippen LogP contribution >= 0.6 is 11.6 Å². The molecule has 1 aromatic heterocycles. The van der Waals surface area contributed by atoms with Gasteiger partial charge in [0.15, 0.2) is 5.78 Å². The summed E-state index contributed by atoms with van der Waals surface area (Å²) in [5.74, 6) is 0.313. The number of hydrogen-bond donors (Lipinski definition) is 0. The Morgan fingerprint density at radius 3 is 2.82 bits per heavy atom. The van der Waals surface area contributed by atoms with Gasteiger partial charge in [-0.05, 0) is 19.1 Å². The fraction of sp³-hybridized carbons (Fsp3) is 0.231. The molecule has 0 radical (unpaired) electrons. The van der Waals surface area contributed by atoms with E-state index in [1.54, 1.807) is 12.1 Å². The number of carbonyl (C=O) groups excluding carboxylic acids is 1. The molecule has 0 atom stereocenters. The number of ether oxygens (including phenoxy) is 1. The van der Waals surface area contributed by atoms with Crippen LogP contribution in [0.25, 0.3) is 10.9 Å². The van der Waals surface area contributed by atoms with Crippen LogP contribution in [0.1, 0.15) is 16.1 Å². The molecule has 0 unspecified atom stereocenters. The first-order chi connectivity index (χ1) is 8.15. The van der Waals surface area contributed by atoms with Crippen molar-refractivity contribution in [2.75, 3.05) is 13.0 Å². The lowest BCUT2D eigenvalue weighted by atomic mass is 10.1. The summed E-state index contributed by atoms with van der Waals surface area (Å²) >= 11 is 5.57. The number of fused-ring (bicyclic) bond motifs is 1. The van der Waals surface area contributed by atoms with Gasteiger partial charge < -0.3 is 4.74 Å². The zero-order valence-corrected chi connectivity index (χ0v) is 10.4. The van der Waals surface area contributed by atoms with Gasteiger partial charge in [0.25, 0.3) is 0 Å². The van der Waals surface area contributed by atoms with E-state index >= 15 is 0 Å². The van der Waals surface area contributed by atoms with E-state index in [0.29, 0.717) is 11.3 Å². The quantitative estimate of drug-likeness (QED) is 0.620. The monoisotopic (exact) mass is 249 g/mol. The molecule has 1 aromatic carbocycles. The van der Waals surface area contributed by atoms with Gasteiger partial charge in [-0.3, -0.25) is 9.78 Å². The highest BCUT2D eigenvalue weighted by molar-refractivity contribution is 6.31. The minimum Gasteiger partial charge on any atom is -0.496 e. The van der Waals surface area contributed by atoms with Crippen molar-refractivity contribution in [3.05, 3.63) is 35.5 Å². The largest absolute Gasteiger partial charge is 0.496 e. The number of alkyl halides is 1. The van der Waals surface area contributed by atoms with Gasteiger partial charge in [-0.2, -0.15) is 0 Å². The molecule has 0 aliphatic carbocycles. The lowest BCUT2D eigenvalue weighted by molar-refractivity contribution is 0.101. The van der Waals surface area contributed by atoms with E-state index in [1.807, 2.05) is 19.1 Å². The van der Waals surface area contributed by atoms with E-state index in [4.69, 9.17) is 16.3 Å². The first-order valence-electron chi connectivity index (χ1n) is 5.20.